The highest BCUT2D eigenvalue weighted by atomic mass is 35.5. The third-order valence-corrected chi connectivity index (χ3v) is 7.28. The minimum absolute atomic E-state index is 0.0497. The molecule has 0 atom stereocenters. The normalized spacial score (nSPS) is 11.0. The van der Waals surface area contributed by atoms with Crippen molar-refractivity contribution in [3.63, 3.8) is 0 Å². The fourth-order valence-electron chi connectivity index (χ4n) is 3.26. The lowest BCUT2D eigenvalue weighted by molar-refractivity contribution is -0.113. The largest absolute Gasteiger partial charge is 0.324 e. The summed E-state index contributed by atoms with van der Waals surface area (Å²) in [5.41, 5.74) is 3.25. The van der Waals surface area contributed by atoms with Gasteiger partial charge in [0.1, 0.15) is 4.83 Å². The number of carbonyl (C=O) groups is 1. The summed E-state index contributed by atoms with van der Waals surface area (Å²) < 4.78 is 1.55. The second kappa shape index (κ2) is 10.1. The summed E-state index contributed by atoms with van der Waals surface area (Å²) in [5, 5.41) is 6.58. The van der Waals surface area contributed by atoms with Crippen molar-refractivity contribution in [2.45, 2.75) is 18.6 Å². The smallest absolute Gasteiger partial charge is 0.263 e. The molecule has 4 aromatic rings. The Morgan fingerprint density at radius 2 is 2.00 bits per heavy atom. The van der Waals surface area contributed by atoms with Gasteiger partial charge >= 0.3 is 0 Å². The molecule has 2 aromatic carbocycles. The van der Waals surface area contributed by atoms with Gasteiger partial charge in [0, 0.05) is 22.5 Å². The average Bonchev–Trinajstić information content (AvgIpc) is 3.22. The van der Waals surface area contributed by atoms with Gasteiger partial charge in [-0.3, -0.25) is 14.2 Å². The van der Waals surface area contributed by atoms with Gasteiger partial charge in [0.15, 0.2) is 5.16 Å². The van der Waals surface area contributed by atoms with E-state index >= 15 is 0 Å². The van der Waals surface area contributed by atoms with Crippen LogP contribution >= 0.6 is 46.3 Å². The number of amides is 1. The standard InChI is InChI=1S/C24H19Cl2N3O2S2/c1-3-10-29-23(31)21-17(15-6-4-14(2)5-7-15)12-32-22(21)28-24(29)33-13-20(30)27-19-11-16(25)8-9-18(19)26/h3-9,11-12H,1,10,13H2,2H3,(H,27,30). The summed E-state index contributed by atoms with van der Waals surface area (Å²) in [4.78, 5) is 31.3. The fraction of sp³-hybridized carbons (Fsp3) is 0.125. The van der Waals surface area contributed by atoms with Crippen LogP contribution in [0.15, 0.2) is 70.5 Å². The third-order valence-electron chi connectivity index (χ3n) is 4.87. The molecule has 0 saturated heterocycles. The summed E-state index contributed by atoms with van der Waals surface area (Å²) in [6, 6.07) is 12.9. The van der Waals surface area contributed by atoms with E-state index in [1.807, 2.05) is 36.6 Å². The van der Waals surface area contributed by atoms with Crippen LogP contribution in [0.2, 0.25) is 10.0 Å². The number of fused-ring (bicyclic) bond motifs is 1. The van der Waals surface area contributed by atoms with Crippen LogP contribution in [0, 0.1) is 6.92 Å². The number of hydrogen-bond donors (Lipinski definition) is 1. The Hall–Kier alpha value is -2.58. The molecular weight excluding hydrogens is 497 g/mol. The van der Waals surface area contributed by atoms with Gasteiger partial charge in [0.25, 0.3) is 5.56 Å². The maximum atomic E-state index is 13.4. The van der Waals surface area contributed by atoms with Gasteiger partial charge in [-0.2, -0.15) is 0 Å². The lowest BCUT2D eigenvalue weighted by atomic mass is 10.1. The van der Waals surface area contributed by atoms with E-state index in [0.717, 1.165) is 16.7 Å². The molecule has 168 valence electrons. The summed E-state index contributed by atoms with van der Waals surface area (Å²) in [7, 11) is 0. The Morgan fingerprint density at radius 3 is 2.73 bits per heavy atom. The monoisotopic (exact) mass is 515 g/mol. The molecule has 5 nitrogen and oxygen atoms in total. The Morgan fingerprint density at radius 1 is 1.24 bits per heavy atom. The van der Waals surface area contributed by atoms with E-state index in [1.165, 1.54) is 23.1 Å². The fourth-order valence-corrected chi connectivity index (χ4v) is 5.40. The molecule has 0 aliphatic carbocycles. The Balaban J connectivity index is 1.63. The van der Waals surface area contributed by atoms with Crippen LogP contribution in [-0.2, 0) is 11.3 Å². The molecule has 0 saturated carbocycles. The van der Waals surface area contributed by atoms with Crippen LogP contribution in [0.5, 0.6) is 0 Å². The molecule has 0 bridgehead atoms. The number of halogens is 2. The van der Waals surface area contributed by atoms with E-state index in [-0.39, 0.29) is 23.8 Å². The molecule has 33 heavy (non-hydrogen) atoms. The maximum absolute atomic E-state index is 13.4. The van der Waals surface area contributed by atoms with Crippen molar-refractivity contribution in [3.8, 4) is 11.1 Å². The quantitative estimate of drug-likeness (QED) is 0.170. The number of hydrogen-bond acceptors (Lipinski definition) is 5. The van der Waals surface area contributed by atoms with Gasteiger partial charge < -0.3 is 5.32 Å². The molecule has 2 aromatic heterocycles. The van der Waals surface area contributed by atoms with E-state index in [1.54, 1.807) is 28.8 Å². The van der Waals surface area contributed by atoms with Crippen molar-refractivity contribution in [1.82, 2.24) is 9.55 Å². The first kappa shape index (κ1) is 23.6. The summed E-state index contributed by atoms with van der Waals surface area (Å²) in [5.74, 6) is -0.233. The van der Waals surface area contributed by atoms with Crippen molar-refractivity contribution in [2.24, 2.45) is 0 Å². The number of nitrogens with one attached hydrogen (secondary N) is 1. The minimum Gasteiger partial charge on any atom is -0.324 e. The first-order chi connectivity index (χ1) is 15.9. The predicted octanol–water partition coefficient (Wildman–Crippen LogP) is 6.66. The van der Waals surface area contributed by atoms with Gasteiger partial charge in [0.2, 0.25) is 5.91 Å². The molecule has 0 spiro atoms. The van der Waals surface area contributed by atoms with Gasteiger partial charge in [-0.15, -0.1) is 17.9 Å². The zero-order chi connectivity index (χ0) is 23.5. The van der Waals surface area contributed by atoms with Crippen LogP contribution in [0.1, 0.15) is 5.56 Å². The second-order valence-electron chi connectivity index (χ2n) is 7.26. The number of anilines is 1. The highest BCUT2D eigenvalue weighted by Crippen LogP contribution is 2.32. The molecule has 0 aliphatic heterocycles. The van der Waals surface area contributed by atoms with E-state index in [4.69, 9.17) is 28.2 Å². The maximum Gasteiger partial charge on any atom is 0.263 e. The van der Waals surface area contributed by atoms with E-state index < -0.39 is 0 Å². The van der Waals surface area contributed by atoms with Crippen molar-refractivity contribution >= 4 is 68.1 Å². The average molecular weight is 516 g/mol. The number of carbonyl (C=O) groups excluding carboxylic acids is 1. The van der Waals surface area contributed by atoms with E-state index in [2.05, 4.69) is 11.9 Å². The van der Waals surface area contributed by atoms with Crippen LogP contribution in [0.25, 0.3) is 21.3 Å². The summed E-state index contributed by atoms with van der Waals surface area (Å²) in [6.45, 7) is 6.07. The molecule has 2 heterocycles. The number of benzene rings is 2. The Kier molecular flexibility index (Phi) is 7.24. The van der Waals surface area contributed by atoms with Gasteiger partial charge in [-0.25, -0.2) is 4.98 Å². The predicted molar refractivity (Wildman–Crippen MR) is 140 cm³/mol. The molecule has 0 radical (unpaired) electrons. The number of aryl methyl sites for hydroxylation is 1. The number of thiophene rings is 1. The van der Waals surface area contributed by atoms with E-state index in [0.29, 0.717) is 31.1 Å². The highest BCUT2D eigenvalue weighted by molar-refractivity contribution is 7.99. The third kappa shape index (κ3) is 5.17. The van der Waals surface area contributed by atoms with Crippen LogP contribution in [0.3, 0.4) is 0 Å². The summed E-state index contributed by atoms with van der Waals surface area (Å²) >= 11 is 14.7. The SMILES string of the molecule is C=CCn1c(SCC(=O)Nc2cc(Cl)ccc2Cl)nc2scc(-c3ccc(C)cc3)c2c1=O. The Labute approximate surface area is 209 Å². The molecule has 0 unspecified atom stereocenters. The van der Waals surface area contributed by atoms with Gasteiger partial charge in [-0.05, 0) is 30.7 Å². The first-order valence-corrected chi connectivity index (χ1v) is 12.6. The minimum atomic E-state index is -0.282. The molecule has 9 heteroatoms. The van der Waals surface area contributed by atoms with Crippen molar-refractivity contribution in [2.75, 3.05) is 11.1 Å². The van der Waals surface area contributed by atoms with Crippen LogP contribution in [-0.4, -0.2) is 21.2 Å². The summed E-state index contributed by atoms with van der Waals surface area (Å²) in [6.07, 6.45) is 1.64. The lowest BCUT2D eigenvalue weighted by Crippen LogP contribution is -2.23. The van der Waals surface area contributed by atoms with Gasteiger partial charge in [0.05, 0.1) is 21.8 Å². The number of rotatable bonds is 7. The molecule has 1 N–H and O–H groups in total. The zero-order valence-corrected chi connectivity index (χ0v) is 20.7. The van der Waals surface area contributed by atoms with Crippen molar-refractivity contribution < 1.29 is 4.79 Å². The topological polar surface area (TPSA) is 64.0 Å². The lowest BCUT2D eigenvalue weighted by Gasteiger charge is -2.11. The van der Waals surface area contributed by atoms with Crippen LogP contribution in [0.4, 0.5) is 5.69 Å². The molecule has 4 rings (SSSR count). The number of thioether (sulfide) groups is 1. The zero-order valence-electron chi connectivity index (χ0n) is 17.6. The van der Waals surface area contributed by atoms with Crippen molar-refractivity contribution in [1.29, 1.82) is 0 Å². The highest BCUT2D eigenvalue weighted by Gasteiger charge is 2.18. The first-order valence-electron chi connectivity index (χ1n) is 9.95. The number of aromatic nitrogens is 2. The molecular formula is C24H19Cl2N3O2S2. The van der Waals surface area contributed by atoms with Crippen molar-refractivity contribution in [3.05, 3.63) is 86.5 Å². The van der Waals surface area contributed by atoms with E-state index in [9.17, 15) is 9.59 Å². The molecule has 0 fully saturated rings. The van der Waals surface area contributed by atoms with Crippen LogP contribution < -0.4 is 10.9 Å². The molecule has 0 aliphatic rings. The number of allylic oxidation sites excluding steroid dienone is 1. The Bertz CT molecular complexity index is 1410. The van der Waals surface area contributed by atoms with Gasteiger partial charge in [-0.1, -0.05) is 70.9 Å². The molecule has 1 amide bonds. The number of nitrogens with zero attached hydrogens (tertiary/aromatic N) is 2. The second-order valence-corrected chi connectivity index (χ2v) is 9.90.